The van der Waals surface area contributed by atoms with Gasteiger partial charge in [-0.2, -0.15) is 5.10 Å². The van der Waals surface area contributed by atoms with Gasteiger partial charge in [-0.3, -0.25) is 14.9 Å². The van der Waals surface area contributed by atoms with Crippen LogP contribution in [0.1, 0.15) is 26.4 Å². The average Bonchev–Trinajstić information content (AvgIpc) is 3.08. The summed E-state index contributed by atoms with van der Waals surface area (Å²) in [5.41, 5.74) is 4.05. The molecule has 0 aliphatic carbocycles. The number of nitrogens with one attached hydrogen (secondary N) is 1. The Morgan fingerprint density at radius 1 is 1.21 bits per heavy atom. The minimum absolute atomic E-state index is 0.00501. The molecule has 0 saturated heterocycles. The van der Waals surface area contributed by atoms with Crippen molar-refractivity contribution in [3.05, 3.63) is 91.7 Å². The maximum absolute atomic E-state index is 12.5. The van der Waals surface area contributed by atoms with E-state index in [1.165, 1.54) is 17.6 Å². The monoisotopic (exact) mass is 395 g/mol. The van der Waals surface area contributed by atoms with Crippen molar-refractivity contribution in [2.24, 2.45) is 5.10 Å². The second-order valence-corrected chi connectivity index (χ2v) is 6.91. The Balaban J connectivity index is 1.69. The smallest absolute Gasteiger partial charge is 0.291 e. The molecule has 0 unspecified atom stereocenters. The molecule has 3 aromatic rings. The van der Waals surface area contributed by atoms with Gasteiger partial charge in [-0.15, -0.1) is 11.3 Å². The highest BCUT2D eigenvalue weighted by molar-refractivity contribution is 7.10. The SMILES string of the molecule is Cc1scc(/C=N/NC(=O)c2ccccc2OCc2ccccc2)c1[N+](=O)[O-]. The van der Waals surface area contributed by atoms with Crippen LogP contribution in [0.5, 0.6) is 5.75 Å². The topological polar surface area (TPSA) is 93.8 Å². The number of rotatable bonds is 7. The van der Waals surface area contributed by atoms with Gasteiger partial charge in [-0.25, -0.2) is 5.43 Å². The highest BCUT2D eigenvalue weighted by atomic mass is 32.1. The number of benzene rings is 2. The van der Waals surface area contributed by atoms with Gasteiger partial charge in [0.25, 0.3) is 11.6 Å². The Morgan fingerprint density at radius 3 is 2.68 bits per heavy atom. The lowest BCUT2D eigenvalue weighted by Crippen LogP contribution is -2.18. The van der Waals surface area contributed by atoms with Crippen molar-refractivity contribution in [1.29, 1.82) is 0 Å². The molecule has 2 aromatic carbocycles. The van der Waals surface area contributed by atoms with E-state index in [2.05, 4.69) is 10.5 Å². The normalized spacial score (nSPS) is 10.8. The number of aryl methyl sites for hydroxylation is 1. The summed E-state index contributed by atoms with van der Waals surface area (Å²) in [6.07, 6.45) is 1.27. The van der Waals surface area contributed by atoms with E-state index < -0.39 is 10.8 Å². The zero-order chi connectivity index (χ0) is 19.9. The molecule has 0 saturated carbocycles. The van der Waals surface area contributed by atoms with Crippen LogP contribution in [0.25, 0.3) is 0 Å². The van der Waals surface area contributed by atoms with Gasteiger partial charge >= 0.3 is 0 Å². The standard InChI is InChI=1S/C20H17N3O4S/c1-14-19(23(25)26)16(13-28-14)11-21-22-20(24)17-9-5-6-10-18(17)27-12-15-7-3-2-4-8-15/h2-11,13H,12H2,1H3,(H,22,24)/b21-11+. The number of nitro groups is 1. The molecule has 3 rings (SSSR count). The Bertz CT molecular complexity index is 1020. The molecule has 0 spiro atoms. The molecule has 28 heavy (non-hydrogen) atoms. The fourth-order valence-electron chi connectivity index (χ4n) is 2.53. The van der Waals surface area contributed by atoms with E-state index in [0.29, 0.717) is 28.4 Å². The third kappa shape index (κ3) is 4.60. The number of carbonyl (C=O) groups excluding carboxylic acids is 1. The second-order valence-electron chi connectivity index (χ2n) is 5.82. The molecule has 1 aromatic heterocycles. The lowest BCUT2D eigenvalue weighted by Gasteiger charge is -2.10. The molecule has 0 bridgehead atoms. The summed E-state index contributed by atoms with van der Waals surface area (Å²) in [6.45, 7) is 1.99. The quantitative estimate of drug-likeness (QED) is 0.366. The molecule has 1 heterocycles. The van der Waals surface area contributed by atoms with Gasteiger partial charge in [0.05, 0.1) is 27.1 Å². The summed E-state index contributed by atoms with van der Waals surface area (Å²) in [4.78, 5) is 23.7. The van der Waals surface area contributed by atoms with Gasteiger partial charge in [0.2, 0.25) is 0 Å². The van der Waals surface area contributed by atoms with Crippen LogP contribution in [-0.2, 0) is 6.61 Å². The molecular formula is C20H17N3O4S. The van der Waals surface area contributed by atoms with Crippen molar-refractivity contribution < 1.29 is 14.5 Å². The van der Waals surface area contributed by atoms with Crippen molar-refractivity contribution in [3.63, 3.8) is 0 Å². The summed E-state index contributed by atoms with van der Waals surface area (Å²) in [7, 11) is 0. The number of hydrazone groups is 1. The van der Waals surface area contributed by atoms with Gasteiger partial charge in [-0.05, 0) is 24.6 Å². The van der Waals surface area contributed by atoms with Gasteiger partial charge in [-0.1, -0.05) is 42.5 Å². The predicted molar refractivity (Wildman–Crippen MR) is 108 cm³/mol. The van der Waals surface area contributed by atoms with Crippen molar-refractivity contribution >= 4 is 29.1 Å². The number of hydrogen-bond donors (Lipinski definition) is 1. The van der Waals surface area contributed by atoms with Crippen molar-refractivity contribution in [1.82, 2.24) is 5.43 Å². The summed E-state index contributed by atoms with van der Waals surface area (Å²) < 4.78 is 5.76. The molecule has 0 fully saturated rings. The van der Waals surface area contributed by atoms with E-state index in [1.807, 2.05) is 30.3 Å². The van der Waals surface area contributed by atoms with Gasteiger partial charge in [0.15, 0.2) is 0 Å². The van der Waals surface area contributed by atoms with Gasteiger partial charge in [0, 0.05) is 5.38 Å². The van der Waals surface area contributed by atoms with E-state index in [4.69, 9.17) is 4.74 Å². The molecule has 1 N–H and O–H groups in total. The zero-order valence-corrected chi connectivity index (χ0v) is 15.8. The maximum atomic E-state index is 12.5. The first kappa shape index (κ1) is 19.2. The minimum atomic E-state index is -0.463. The number of hydrogen-bond acceptors (Lipinski definition) is 6. The average molecular weight is 395 g/mol. The summed E-state index contributed by atoms with van der Waals surface area (Å²) in [5.74, 6) is -0.0362. The molecular weight excluding hydrogens is 378 g/mol. The zero-order valence-electron chi connectivity index (χ0n) is 15.0. The fourth-order valence-corrected chi connectivity index (χ4v) is 3.31. The molecule has 7 nitrogen and oxygen atoms in total. The lowest BCUT2D eigenvalue weighted by atomic mass is 10.2. The van der Waals surface area contributed by atoms with E-state index in [0.717, 1.165) is 5.56 Å². The maximum Gasteiger partial charge on any atom is 0.291 e. The van der Waals surface area contributed by atoms with Crippen molar-refractivity contribution in [2.75, 3.05) is 0 Å². The lowest BCUT2D eigenvalue weighted by molar-refractivity contribution is -0.385. The van der Waals surface area contributed by atoms with Crippen LogP contribution in [0.3, 0.4) is 0 Å². The minimum Gasteiger partial charge on any atom is -0.488 e. The molecule has 0 aliphatic heterocycles. The Labute approximate surface area is 165 Å². The van der Waals surface area contributed by atoms with Crippen molar-refractivity contribution in [3.8, 4) is 5.75 Å². The van der Waals surface area contributed by atoms with E-state index in [-0.39, 0.29) is 5.69 Å². The molecule has 142 valence electrons. The van der Waals surface area contributed by atoms with Gasteiger partial charge < -0.3 is 4.74 Å². The van der Waals surface area contributed by atoms with Crippen LogP contribution >= 0.6 is 11.3 Å². The first-order chi connectivity index (χ1) is 13.6. The third-order valence-electron chi connectivity index (χ3n) is 3.89. The Kier molecular flexibility index (Phi) is 6.13. The van der Waals surface area contributed by atoms with Crippen LogP contribution in [0, 0.1) is 17.0 Å². The Hall–Kier alpha value is -3.52. The molecule has 1 amide bonds. The highest BCUT2D eigenvalue weighted by Gasteiger charge is 2.18. The predicted octanol–water partition coefficient (Wildman–Crippen LogP) is 4.31. The Morgan fingerprint density at radius 2 is 1.93 bits per heavy atom. The number of ether oxygens (including phenoxy) is 1. The summed E-state index contributed by atoms with van der Waals surface area (Å²) in [6, 6.07) is 16.4. The molecule has 0 atom stereocenters. The van der Waals surface area contributed by atoms with Crippen LogP contribution < -0.4 is 10.2 Å². The molecule has 8 heteroatoms. The molecule has 0 radical (unpaired) electrons. The highest BCUT2D eigenvalue weighted by Crippen LogP contribution is 2.28. The summed E-state index contributed by atoms with van der Waals surface area (Å²) in [5, 5.41) is 16.6. The first-order valence-electron chi connectivity index (χ1n) is 8.38. The first-order valence-corrected chi connectivity index (χ1v) is 9.26. The number of para-hydroxylation sites is 1. The van der Waals surface area contributed by atoms with Gasteiger partial charge in [0.1, 0.15) is 12.4 Å². The number of amides is 1. The summed E-state index contributed by atoms with van der Waals surface area (Å²) >= 11 is 1.26. The van der Waals surface area contributed by atoms with E-state index >= 15 is 0 Å². The van der Waals surface area contributed by atoms with Crippen molar-refractivity contribution in [2.45, 2.75) is 13.5 Å². The van der Waals surface area contributed by atoms with Crippen LogP contribution in [0.2, 0.25) is 0 Å². The molecule has 0 aliphatic rings. The number of thiophene rings is 1. The number of nitrogens with zero attached hydrogens (tertiary/aromatic N) is 2. The van der Waals surface area contributed by atoms with Crippen LogP contribution in [-0.4, -0.2) is 17.0 Å². The third-order valence-corrected chi connectivity index (χ3v) is 4.81. The van der Waals surface area contributed by atoms with Crippen LogP contribution in [0.15, 0.2) is 65.1 Å². The second kappa shape index (κ2) is 8.92. The van der Waals surface area contributed by atoms with Crippen LogP contribution in [0.4, 0.5) is 5.69 Å². The number of carbonyl (C=O) groups is 1. The largest absolute Gasteiger partial charge is 0.488 e. The van der Waals surface area contributed by atoms with E-state index in [1.54, 1.807) is 36.6 Å². The van der Waals surface area contributed by atoms with E-state index in [9.17, 15) is 14.9 Å². The fraction of sp³-hybridized carbons (Fsp3) is 0.100.